The molecule has 0 saturated carbocycles. The lowest BCUT2D eigenvalue weighted by Gasteiger charge is -2.36. The number of aromatic nitrogens is 3. The second-order valence-corrected chi connectivity index (χ2v) is 8.60. The molecular weight excluding hydrogens is 402 g/mol. The summed E-state index contributed by atoms with van der Waals surface area (Å²) in [6.07, 6.45) is 1.84. The number of anilines is 2. The van der Waals surface area contributed by atoms with Gasteiger partial charge in [0.25, 0.3) is 0 Å². The van der Waals surface area contributed by atoms with Crippen molar-refractivity contribution in [3.05, 3.63) is 64.9 Å². The van der Waals surface area contributed by atoms with Gasteiger partial charge in [0.1, 0.15) is 16.5 Å². The summed E-state index contributed by atoms with van der Waals surface area (Å²) in [6.45, 7) is 5.66. The van der Waals surface area contributed by atoms with Crippen molar-refractivity contribution in [1.29, 1.82) is 0 Å². The number of hydrogen-bond acceptors (Lipinski definition) is 6. The molecule has 0 radical (unpaired) electrons. The van der Waals surface area contributed by atoms with Gasteiger partial charge in [-0.05, 0) is 36.2 Å². The molecule has 0 spiro atoms. The van der Waals surface area contributed by atoms with Crippen LogP contribution in [0.2, 0.25) is 5.28 Å². The van der Waals surface area contributed by atoms with Crippen LogP contribution >= 0.6 is 22.9 Å². The van der Waals surface area contributed by atoms with E-state index < -0.39 is 0 Å². The molecule has 5 nitrogen and oxygen atoms in total. The third kappa shape index (κ3) is 3.43. The minimum atomic E-state index is 0.306. The van der Waals surface area contributed by atoms with Crippen LogP contribution in [0.1, 0.15) is 4.88 Å². The standard InChI is InChI=1S/C22H20ClN5S/c1-15-18(16-7-3-2-4-8-16)19-20(25-22(23)26-21(19)29-15)28-13-11-27(12-14-28)17-9-5-6-10-24-17/h2-10H,11-14H2,1H3. The minimum Gasteiger partial charge on any atom is -0.353 e. The predicted octanol–water partition coefficient (Wildman–Crippen LogP) is 5.04. The fraction of sp³-hybridized carbons (Fsp3) is 0.227. The minimum absolute atomic E-state index is 0.306. The summed E-state index contributed by atoms with van der Waals surface area (Å²) in [4.78, 5) is 20.5. The van der Waals surface area contributed by atoms with Gasteiger partial charge in [0.05, 0.1) is 5.39 Å². The first kappa shape index (κ1) is 18.3. The summed E-state index contributed by atoms with van der Waals surface area (Å²) >= 11 is 7.99. The lowest BCUT2D eigenvalue weighted by molar-refractivity contribution is 0.643. The number of pyridine rings is 1. The van der Waals surface area contributed by atoms with E-state index in [0.29, 0.717) is 5.28 Å². The van der Waals surface area contributed by atoms with Gasteiger partial charge < -0.3 is 9.80 Å². The quantitative estimate of drug-likeness (QED) is 0.433. The Morgan fingerprint density at radius 2 is 1.62 bits per heavy atom. The molecule has 1 aliphatic rings. The van der Waals surface area contributed by atoms with Crippen molar-refractivity contribution in [2.45, 2.75) is 6.92 Å². The van der Waals surface area contributed by atoms with E-state index in [2.05, 4.69) is 62.0 Å². The van der Waals surface area contributed by atoms with E-state index in [0.717, 1.165) is 48.0 Å². The molecule has 4 aromatic rings. The lowest BCUT2D eigenvalue weighted by atomic mass is 10.0. The summed E-state index contributed by atoms with van der Waals surface area (Å²) in [6, 6.07) is 16.5. The Morgan fingerprint density at radius 3 is 2.34 bits per heavy atom. The Labute approximate surface area is 178 Å². The first-order valence-electron chi connectivity index (χ1n) is 9.63. The zero-order chi connectivity index (χ0) is 19.8. The van der Waals surface area contributed by atoms with Crippen molar-refractivity contribution in [2.75, 3.05) is 36.0 Å². The Bertz CT molecular complexity index is 1140. The van der Waals surface area contributed by atoms with Crippen LogP contribution in [0.25, 0.3) is 21.3 Å². The number of hydrogen-bond donors (Lipinski definition) is 0. The van der Waals surface area contributed by atoms with Gasteiger partial charge in [0, 0.05) is 42.8 Å². The van der Waals surface area contributed by atoms with Crippen LogP contribution < -0.4 is 9.80 Å². The van der Waals surface area contributed by atoms with Gasteiger partial charge in [-0.15, -0.1) is 11.3 Å². The van der Waals surface area contributed by atoms with Crippen molar-refractivity contribution in [1.82, 2.24) is 15.0 Å². The van der Waals surface area contributed by atoms with Crippen LogP contribution in [-0.4, -0.2) is 41.1 Å². The lowest BCUT2D eigenvalue weighted by Crippen LogP contribution is -2.47. The SMILES string of the molecule is Cc1sc2nc(Cl)nc(N3CCN(c4ccccn4)CC3)c2c1-c1ccccc1. The molecule has 29 heavy (non-hydrogen) atoms. The number of aryl methyl sites for hydroxylation is 1. The number of thiophene rings is 1. The monoisotopic (exact) mass is 421 g/mol. The van der Waals surface area contributed by atoms with Gasteiger partial charge in [0.15, 0.2) is 0 Å². The van der Waals surface area contributed by atoms with E-state index in [1.54, 1.807) is 11.3 Å². The van der Waals surface area contributed by atoms with E-state index in [9.17, 15) is 0 Å². The summed E-state index contributed by atoms with van der Waals surface area (Å²) in [5.41, 5.74) is 2.40. The molecule has 1 aromatic carbocycles. The first-order chi connectivity index (χ1) is 14.2. The number of piperazine rings is 1. The van der Waals surface area contributed by atoms with E-state index in [1.807, 2.05) is 24.4 Å². The van der Waals surface area contributed by atoms with Crippen molar-refractivity contribution >= 4 is 44.8 Å². The Morgan fingerprint density at radius 1 is 0.897 bits per heavy atom. The Hall–Kier alpha value is -2.70. The molecule has 4 heterocycles. The van der Waals surface area contributed by atoms with E-state index >= 15 is 0 Å². The molecule has 1 saturated heterocycles. The summed E-state index contributed by atoms with van der Waals surface area (Å²) in [5.74, 6) is 1.96. The molecule has 5 rings (SSSR count). The molecular formula is C22H20ClN5S. The molecule has 0 N–H and O–H groups in total. The number of halogens is 1. The molecule has 3 aromatic heterocycles. The molecule has 0 bridgehead atoms. The van der Waals surface area contributed by atoms with E-state index in [-0.39, 0.29) is 0 Å². The topological polar surface area (TPSA) is 45.2 Å². The van der Waals surface area contributed by atoms with Crippen molar-refractivity contribution in [2.24, 2.45) is 0 Å². The Kier molecular flexibility index (Phi) is 4.81. The van der Waals surface area contributed by atoms with Gasteiger partial charge >= 0.3 is 0 Å². The van der Waals surface area contributed by atoms with Crippen molar-refractivity contribution < 1.29 is 0 Å². The summed E-state index contributed by atoms with van der Waals surface area (Å²) < 4.78 is 0. The van der Waals surface area contributed by atoms with Gasteiger partial charge in [-0.1, -0.05) is 36.4 Å². The average molecular weight is 422 g/mol. The fourth-order valence-corrected chi connectivity index (χ4v) is 5.19. The van der Waals surface area contributed by atoms with Crippen LogP contribution in [-0.2, 0) is 0 Å². The second kappa shape index (κ2) is 7.61. The van der Waals surface area contributed by atoms with Crippen LogP contribution in [0.15, 0.2) is 54.7 Å². The first-order valence-corrected chi connectivity index (χ1v) is 10.8. The fourth-order valence-electron chi connectivity index (χ4n) is 3.94. The highest BCUT2D eigenvalue weighted by Crippen LogP contribution is 2.42. The maximum atomic E-state index is 6.31. The molecule has 0 unspecified atom stereocenters. The zero-order valence-corrected chi connectivity index (χ0v) is 17.6. The molecule has 7 heteroatoms. The zero-order valence-electron chi connectivity index (χ0n) is 16.0. The molecule has 0 atom stereocenters. The van der Waals surface area contributed by atoms with Crippen LogP contribution in [0.5, 0.6) is 0 Å². The average Bonchev–Trinajstić information content (AvgIpc) is 3.10. The molecule has 0 amide bonds. The normalized spacial score (nSPS) is 14.6. The van der Waals surface area contributed by atoms with Crippen LogP contribution in [0, 0.1) is 6.92 Å². The van der Waals surface area contributed by atoms with E-state index in [4.69, 9.17) is 11.6 Å². The number of fused-ring (bicyclic) bond motifs is 1. The van der Waals surface area contributed by atoms with Gasteiger partial charge in [-0.3, -0.25) is 0 Å². The highest BCUT2D eigenvalue weighted by atomic mass is 35.5. The number of rotatable bonds is 3. The second-order valence-electron chi connectivity index (χ2n) is 7.06. The number of nitrogens with zero attached hydrogens (tertiary/aromatic N) is 5. The van der Waals surface area contributed by atoms with Crippen LogP contribution in [0.4, 0.5) is 11.6 Å². The van der Waals surface area contributed by atoms with Crippen molar-refractivity contribution in [3.63, 3.8) is 0 Å². The van der Waals surface area contributed by atoms with Gasteiger partial charge in [-0.25, -0.2) is 9.97 Å². The largest absolute Gasteiger partial charge is 0.353 e. The van der Waals surface area contributed by atoms with Crippen molar-refractivity contribution in [3.8, 4) is 11.1 Å². The maximum Gasteiger partial charge on any atom is 0.225 e. The molecule has 146 valence electrons. The van der Waals surface area contributed by atoms with Gasteiger partial charge in [0.2, 0.25) is 5.28 Å². The third-order valence-corrected chi connectivity index (χ3v) is 6.46. The maximum absolute atomic E-state index is 6.31. The third-order valence-electron chi connectivity index (χ3n) is 5.30. The number of benzene rings is 1. The van der Waals surface area contributed by atoms with Crippen LogP contribution in [0.3, 0.4) is 0 Å². The summed E-state index contributed by atoms with van der Waals surface area (Å²) in [7, 11) is 0. The molecule has 1 aliphatic heterocycles. The Balaban J connectivity index is 1.54. The highest BCUT2D eigenvalue weighted by molar-refractivity contribution is 7.19. The van der Waals surface area contributed by atoms with E-state index in [1.165, 1.54) is 16.0 Å². The summed E-state index contributed by atoms with van der Waals surface area (Å²) in [5, 5.41) is 1.41. The smallest absolute Gasteiger partial charge is 0.225 e. The predicted molar refractivity (Wildman–Crippen MR) is 121 cm³/mol. The molecule has 0 aliphatic carbocycles. The molecule has 1 fully saturated rings. The van der Waals surface area contributed by atoms with Gasteiger partial charge in [-0.2, -0.15) is 4.98 Å². The highest BCUT2D eigenvalue weighted by Gasteiger charge is 2.25.